The van der Waals surface area contributed by atoms with Gasteiger partial charge in [-0.25, -0.2) is 0 Å². The SMILES string of the molecule is C=CCC(N)C(=O)Nc1ccc(Cl)c(C(F)(F)F)c1. The van der Waals surface area contributed by atoms with Crippen LogP contribution < -0.4 is 11.1 Å². The van der Waals surface area contributed by atoms with Crippen molar-refractivity contribution in [3.63, 3.8) is 0 Å². The Morgan fingerprint density at radius 2 is 2.16 bits per heavy atom. The van der Waals surface area contributed by atoms with Crippen molar-refractivity contribution in [3.8, 4) is 0 Å². The van der Waals surface area contributed by atoms with Crippen LogP contribution in [-0.4, -0.2) is 11.9 Å². The van der Waals surface area contributed by atoms with Crippen molar-refractivity contribution in [2.24, 2.45) is 5.73 Å². The van der Waals surface area contributed by atoms with Gasteiger partial charge in [0.25, 0.3) is 0 Å². The number of hydrogen-bond acceptors (Lipinski definition) is 2. The number of hydrogen-bond donors (Lipinski definition) is 2. The van der Waals surface area contributed by atoms with Gasteiger partial charge in [0.1, 0.15) is 0 Å². The molecule has 0 aliphatic carbocycles. The minimum atomic E-state index is -4.58. The molecular formula is C12H12ClF3N2O. The molecular weight excluding hydrogens is 281 g/mol. The minimum Gasteiger partial charge on any atom is -0.325 e. The molecule has 3 nitrogen and oxygen atoms in total. The smallest absolute Gasteiger partial charge is 0.325 e. The zero-order valence-corrected chi connectivity index (χ0v) is 10.6. The highest BCUT2D eigenvalue weighted by atomic mass is 35.5. The van der Waals surface area contributed by atoms with Crippen LogP contribution in [0.3, 0.4) is 0 Å². The maximum absolute atomic E-state index is 12.6. The number of anilines is 1. The molecule has 0 bridgehead atoms. The van der Waals surface area contributed by atoms with Crippen molar-refractivity contribution in [2.75, 3.05) is 5.32 Å². The number of nitrogens with one attached hydrogen (secondary N) is 1. The van der Waals surface area contributed by atoms with Crippen molar-refractivity contribution in [2.45, 2.75) is 18.6 Å². The third kappa shape index (κ3) is 4.25. The average Bonchev–Trinajstić information content (AvgIpc) is 2.30. The second-order valence-electron chi connectivity index (χ2n) is 3.81. The van der Waals surface area contributed by atoms with Gasteiger partial charge in [-0.1, -0.05) is 17.7 Å². The quantitative estimate of drug-likeness (QED) is 0.837. The Balaban J connectivity index is 2.92. The standard InChI is InChI=1S/C12H12ClF3N2O/c1-2-3-10(17)11(19)18-7-4-5-9(13)8(6-7)12(14,15)16/h2,4-6,10H,1,3,17H2,(H,18,19). The molecule has 1 rings (SSSR count). The normalized spacial score (nSPS) is 12.9. The van der Waals surface area contributed by atoms with E-state index < -0.39 is 28.7 Å². The summed E-state index contributed by atoms with van der Waals surface area (Å²) in [6.45, 7) is 3.42. The first-order valence-corrected chi connectivity index (χ1v) is 5.67. The molecule has 1 atom stereocenters. The fourth-order valence-electron chi connectivity index (χ4n) is 1.34. The largest absolute Gasteiger partial charge is 0.417 e. The van der Waals surface area contributed by atoms with Gasteiger partial charge in [0.2, 0.25) is 5.91 Å². The fraction of sp³-hybridized carbons (Fsp3) is 0.250. The highest BCUT2D eigenvalue weighted by molar-refractivity contribution is 6.31. The number of carbonyl (C=O) groups is 1. The topological polar surface area (TPSA) is 55.1 Å². The molecule has 0 radical (unpaired) electrons. The van der Waals surface area contributed by atoms with Crippen molar-refractivity contribution in [1.82, 2.24) is 0 Å². The Kier molecular flexibility index (Phi) is 4.97. The van der Waals surface area contributed by atoms with E-state index in [1.165, 1.54) is 12.1 Å². The molecule has 0 aliphatic heterocycles. The third-order valence-electron chi connectivity index (χ3n) is 2.30. The Morgan fingerprint density at radius 1 is 1.53 bits per heavy atom. The van der Waals surface area contributed by atoms with E-state index in [1.807, 2.05) is 0 Å². The first-order valence-electron chi connectivity index (χ1n) is 5.29. The van der Waals surface area contributed by atoms with Gasteiger partial charge < -0.3 is 11.1 Å². The van der Waals surface area contributed by atoms with Gasteiger partial charge in [-0.05, 0) is 24.6 Å². The van der Waals surface area contributed by atoms with Crippen LogP contribution in [0.25, 0.3) is 0 Å². The summed E-state index contributed by atoms with van der Waals surface area (Å²) < 4.78 is 37.8. The first-order chi connectivity index (χ1) is 8.75. The minimum absolute atomic E-state index is 0.0127. The number of nitrogens with two attached hydrogens (primary N) is 1. The average molecular weight is 293 g/mol. The highest BCUT2D eigenvalue weighted by Crippen LogP contribution is 2.36. The van der Waals surface area contributed by atoms with E-state index in [0.717, 1.165) is 12.1 Å². The maximum Gasteiger partial charge on any atom is 0.417 e. The van der Waals surface area contributed by atoms with Gasteiger partial charge >= 0.3 is 6.18 Å². The summed E-state index contributed by atoms with van der Waals surface area (Å²) in [5.41, 5.74) is 4.48. The molecule has 1 unspecified atom stereocenters. The third-order valence-corrected chi connectivity index (χ3v) is 2.63. The van der Waals surface area contributed by atoms with E-state index in [-0.39, 0.29) is 12.1 Å². The predicted octanol–water partition coefficient (Wildman–Crippen LogP) is 3.20. The summed E-state index contributed by atoms with van der Waals surface area (Å²) in [6.07, 6.45) is -2.90. The van der Waals surface area contributed by atoms with Crippen LogP contribution in [-0.2, 0) is 11.0 Å². The zero-order chi connectivity index (χ0) is 14.6. The monoisotopic (exact) mass is 292 g/mol. The van der Waals surface area contributed by atoms with E-state index in [0.29, 0.717) is 0 Å². The van der Waals surface area contributed by atoms with Gasteiger partial charge in [0, 0.05) is 5.69 Å². The van der Waals surface area contributed by atoms with Gasteiger partial charge in [-0.2, -0.15) is 13.2 Å². The molecule has 104 valence electrons. The summed E-state index contributed by atoms with van der Waals surface area (Å²) >= 11 is 5.46. The van der Waals surface area contributed by atoms with Crippen molar-refractivity contribution < 1.29 is 18.0 Å². The molecule has 7 heteroatoms. The van der Waals surface area contributed by atoms with E-state index in [2.05, 4.69) is 11.9 Å². The summed E-state index contributed by atoms with van der Waals surface area (Å²) in [4.78, 5) is 11.6. The van der Waals surface area contributed by atoms with Crippen LogP contribution in [0.5, 0.6) is 0 Å². The van der Waals surface area contributed by atoms with Crippen LogP contribution in [0.15, 0.2) is 30.9 Å². The summed E-state index contributed by atoms with van der Waals surface area (Å²) in [6, 6.07) is 2.25. The molecule has 1 aromatic rings. The molecule has 3 N–H and O–H groups in total. The van der Waals surface area contributed by atoms with Crippen LogP contribution in [0.2, 0.25) is 5.02 Å². The summed E-state index contributed by atoms with van der Waals surface area (Å²) in [5.74, 6) is -0.588. The van der Waals surface area contributed by atoms with Crippen molar-refractivity contribution in [1.29, 1.82) is 0 Å². The molecule has 0 spiro atoms. The molecule has 19 heavy (non-hydrogen) atoms. The Morgan fingerprint density at radius 3 is 2.68 bits per heavy atom. The molecule has 0 aliphatic rings. The van der Waals surface area contributed by atoms with E-state index in [4.69, 9.17) is 17.3 Å². The van der Waals surface area contributed by atoms with Gasteiger partial charge in [-0.3, -0.25) is 4.79 Å². The van der Waals surface area contributed by atoms with Crippen molar-refractivity contribution in [3.05, 3.63) is 41.4 Å². The molecule has 1 aromatic carbocycles. The lowest BCUT2D eigenvalue weighted by Gasteiger charge is -2.13. The van der Waals surface area contributed by atoms with E-state index >= 15 is 0 Å². The Labute approximate surface area is 113 Å². The number of amides is 1. The number of carbonyl (C=O) groups excluding carboxylic acids is 1. The number of benzene rings is 1. The second kappa shape index (κ2) is 6.08. The first kappa shape index (κ1) is 15.5. The van der Waals surface area contributed by atoms with Gasteiger partial charge in [0.15, 0.2) is 0 Å². The zero-order valence-electron chi connectivity index (χ0n) is 9.80. The molecule has 1 amide bonds. The lowest BCUT2D eigenvalue weighted by Crippen LogP contribution is -2.35. The number of alkyl halides is 3. The lowest BCUT2D eigenvalue weighted by atomic mass is 10.1. The number of halogens is 4. The Bertz CT molecular complexity index is 488. The van der Waals surface area contributed by atoms with E-state index in [9.17, 15) is 18.0 Å². The van der Waals surface area contributed by atoms with Crippen LogP contribution in [0, 0.1) is 0 Å². The maximum atomic E-state index is 12.6. The van der Waals surface area contributed by atoms with Gasteiger partial charge in [0.05, 0.1) is 16.6 Å². The lowest BCUT2D eigenvalue weighted by molar-refractivity contribution is -0.137. The summed E-state index contributed by atoms with van der Waals surface area (Å²) in [7, 11) is 0. The van der Waals surface area contributed by atoms with Gasteiger partial charge in [-0.15, -0.1) is 6.58 Å². The predicted molar refractivity (Wildman–Crippen MR) is 67.9 cm³/mol. The van der Waals surface area contributed by atoms with Crippen LogP contribution in [0.1, 0.15) is 12.0 Å². The van der Waals surface area contributed by atoms with Crippen molar-refractivity contribution >= 4 is 23.2 Å². The fourth-order valence-corrected chi connectivity index (χ4v) is 1.57. The van der Waals surface area contributed by atoms with Crippen LogP contribution >= 0.6 is 11.6 Å². The Hall–Kier alpha value is -1.53. The molecule has 0 fully saturated rings. The molecule has 0 saturated heterocycles. The second-order valence-corrected chi connectivity index (χ2v) is 4.22. The molecule has 0 heterocycles. The summed E-state index contributed by atoms with van der Waals surface area (Å²) in [5, 5.41) is 1.87. The van der Waals surface area contributed by atoms with E-state index in [1.54, 1.807) is 0 Å². The molecule has 0 aromatic heterocycles. The highest BCUT2D eigenvalue weighted by Gasteiger charge is 2.33. The number of rotatable bonds is 4. The molecule has 0 saturated carbocycles. The van der Waals surface area contributed by atoms with Crippen LogP contribution in [0.4, 0.5) is 18.9 Å².